The van der Waals surface area contributed by atoms with Crippen LogP contribution in [0.25, 0.3) is 16.9 Å². The lowest BCUT2D eigenvalue weighted by molar-refractivity contribution is 0.130. The minimum absolute atomic E-state index is 0.234. The minimum Gasteiger partial charge on any atom is -0.497 e. The van der Waals surface area contributed by atoms with Crippen molar-refractivity contribution in [2.24, 2.45) is 5.16 Å². The summed E-state index contributed by atoms with van der Waals surface area (Å²) >= 11 is 0. The first-order valence-corrected chi connectivity index (χ1v) is 10.5. The van der Waals surface area contributed by atoms with Crippen LogP contribution < -0.4 is 4.74 Å². The topological polar surface area (TPSA) is 35.8 Å². The van der Waals surface area contributed by atoms with Crippen molar-refractivity contribution in [3.05, 3.63) is 107 Å². The molecule has 0 aliphatic rings. The normalized spacial score (nSPS) is 11.5. The second-order valence-corrected chi connectivity index (χ2v) is 7.65. The molecular formula is C27H24F2N2O2. The van der Waals surface area contributed by atoms with Crippen molar-refractivity contribution in [2.45, 2.75) is 20.5 Å². The fraction of sp³-hybridized carbons (Fsp3) is 0.148. The summed E-state index contributed by atoms with van der Waals surface area (Å²) in [5.41, 5.74) is 6.05. The van der Waals surface area contributed by atoms with Gasteiger partial charge < -0.3 is 14.1 Å². The molecule has 4 nitrogen and oxygen atoms in total. The van der Waals surface area contributed by atoms with E-state index in [1.165, 1.54) is 24.3 Å². The largest absolute Gasteiger partial charge is 0.497 e. The molecule has 0 N–H and O–H groups in total. The predicted molar refractivity (Wildman–Crippen MR) is 126 cm³/mol. The van der Waals surface area contributed by atoms with E-state index in [4.69, 9.17) is 9.57 Å². The quantitative estimate of drug-likeness (QED) is 0.234. The highest BCUT2D eigenvalue weighted by Gasteiger charge is 2.17. The predicted octanol–water partition coefficient (Wildman–Crippen LogP) is 6.68. The number of hydrogen-bond donors (Lipinski definition) is 0. The van der Waals surface area contributed by atoms with Crippen LogP contribution in [0, 0.1) is 18.6 Å². The van der Waals surface area contributed by atoms with Gasteiger partial charge in [-0.15, -0.1) is 0 Å². The van der Waals surface area contributed by atoms with Crippen molar-refractivity contribution in [3.63, 3.8) is 0 Å². The van der Waals surface area contributed by atoms with Gasteiger partial charge in [-0.05, 0) is 79.6 Å². The SMILES string of the molecule is COc1cccc(-n2c(-c3ccc(F)cc3)cc(/C(C)=N\OCc3ccc(F)cc3)c2C)c1. The van der Waals surface area contributed by atoms with Gasteiger partial charge in [0.15, 0.2) is 0 Å². The van der Waals surface area contributed by atoms with Crippen LogP contribution in [0.5, 0.6) is 5.75 Å². The average molecular weight is 446 g/mol. The molecule has 0 saturated carbocycles. The maximum atomic E-state index is 13.6. The average Bonchev–Trinajstić information content (AvgIpc) is 3.18. The molecule has 168 valence electrons. The number of ether oxygens (including phenoxy) is 1. The summed E-state index contributed by atoms with van der Waals surface area (Å²) in [6.45, 7) is 4.11. The lowest BCUT2D eigenvalue weighted by Gasteiger charge is -2.13. The molecule has 0 aliphatic heterocycles. The van der Waals surface area contributed by atoms with E-state index in [0.29, 0.717) is 5.71 Å². The molecule has 0 fully saturated rings. The summed E-state index contributed by atoms with van der Waals surface area (Å²) in [5, 5.41) is 4.29. The molecule has 0 amide bonds. The van der Waals surface area contributed by atoms with Crippen LogP contribution in [0.1, 0.15) is 23.7 Å². The number of aromatic nitrogens is 1. The van der Waals surface area contributed by atoms with E-state index >= 15 is 0 Å². The van der Waals surface area contributed by atoms with E-state index in [-0.39, 0.29) is 18.2 Å². The van der Waals surface area contributed by atoms with E-state index in [0.717, 1.165) is 39.5 Å². The molecule has 0 spiro atoms. The monoisotopic (exact) mass is 446 g/mol. The summed E-state index contributed by atoms with van der Waals surface area (Å²) < 4.78 is 34.1. The number of nitrogens with zero attached hydrogens (tertiary/aromatic N) is 2. The summed E-state index contributed by atoms with van der Waals surface area (Å²) in [6, 6.07) is 22.3. The smallest absolute Gasteiger partial charge is 0.142 e. The van der Waals surface area contributed by atoms with E-state index in [9.17, 15) is 8.78 Å². The second kappa shape index (κ2) is 9.69. The maximum absolute atomic E-state index is 13.6. The molecule has 0 atom stereocenters. The van der Waals surface area contributed by atoms with Crippen LogP contribution >= 0.6 is 0 Å². The van der Waals surface area contributed by atoms with Gasteiger partial charge in [0.1, 0.15) is 24.0 Å². The molecule has 1 heterocycles. The van der Waals surface area contributed by atoms with Crippen molar-refractivity contribution in [1.82, 2.24) is 4.57 Å². The summed E-state index contributed by atoms with van der Waals surface area (Å²) in [6.07, 6.45) is 0. The van der Waals surface area contributed by atoms with E-state index in [1.54, 1.807) is 31.4 Å². The summed E-state index contributed by atoms with van der Waals surface area (Å²) in [4.78, 5) is 5.53. The molecule has 0 unspecified atom stereocenters. The fourth-order valence-electron chi connectivity index (χ4n) is 3.72. The van der Waals surface area contributed by atoms with Gasteiger partial charge in [0.05, 0.1) is 18.5 Å². The van der Waals surface area contributed by atoms with Crippen LogP contribution in [0.3, 0.4) is 0 Å². The van der Waals surface area contributed by atoms with Gasteiger partial charge in [-0.2, -0.15) is 0 Å². The zero-order valence-corrected chi connectivity index (χ0v) is 18.7. The van der Waals surface area contributed by atoms with Gasteiger partial charge in [-0.3, -0.25) is 0 Å². The molecule has 6 heteroatoms. The number of methoxy groups -OCH3 is 1. The molecule has 33 heavy (non-hydrogen) atoms. The first kappa shape index (κ1) is 22.3. The van der Waals surface area contributed by atoms with Gasteiger partial charge in [0.2, 0.25) is 0 Å². The van der Waals surface area contributed by atoms with Crippen LogP contribution in [-0.2, 0) is 11.4 Å². The van der Waals surface area contributed by atoms with Crippen LogP contribution in [0.15, 0.2) is 84.0 Å². The van der Waals surface area contributed by atoms with Crippen LogP contribution in [0.2, 0.25) is 0 Å². The molecule has 4 rings (SSSR count). The lowest BCUT2D eigenvalue weighted by Crippen LogP contribution is -2.03. The Kier molecular flexibility index (Phi) is 6.54. The lowest BCUT2D eigenvalue weighted by atomic mass is 10.1. The molecule has 1 aromatic heterocycles. The molecule has 4 aromatic rings. The van der Waals surface area contributed by atoms with Crippen molar-refractivity contribution in [3.8, 4) is 22.7 Å². The third-order valence-electron chi connectivity index (χ3n) is 5.43. The Labute approximate surface area is 191 Å². The van der Waals surface area contributed by atoms with Gasteiger partial charge in [-0.25, -0.2) is 8.78 Å². The van der Waals surface area contributed by atoms with Gasteiger partial charge in [0, 0.05) is 23.0 Å². The number of hydrogen-bond acceptors (Lipinski definition) is 3. The van der Waals surface area contributed by atoms with E-state index in [2.05, 4.69) is 9.72 Å². The Balaban J connectivity index is 1.72. The van der Waals surface area contributed by atoms with Crippen LogP contribution in [0.4, 0.5) is 8.78 Å². The van der Waals surface area contributed by atoms with Crippen LogP contribution in [-0.4, -0.2) is 17.4 Å². The van der Waals surface area contributed by atoms with Crippen molar-refractivity contribution < 1.29 is 18.4 Å². The molecule has 0 aliphatic carbocycles. The Morgan fingerprint density at radius 1 is 0.909 bits per heavy atom. The third-order valence-corrected chi connectivity index (χ3v) is 5.43. The minimum atomic E-state index is -0.290. The van der Waals surface area contributed by atoms with Gasteiger partial charge in [0.25, 0.3) is 0 Å². The molecule has 0 saturated heterocycles. The second-order valence-electron chi connectivity index (χ2n) is 7.65. The zero-order chi connectivity index (χ0) is 23.4. The fourth-order valence-corrected chi connectivity index (χ4v) is 3.72. The number of benzene rings is 3. The molecular weight excluding hydrogens is 422 g/mol. The number of halogens is 2. The standard InChI is InChI=1S/C27H24F2N2O2/c1-18(30-33-17-20-7-11-22(28)12-8-20)26-16-27(21-9-13-23(29)14-10-21)31(19(26)2)24-5-4-6-25(15-24)32-3/h4-16H,17H2,1-3H3/b30-18-. The van der Waals surface area contributed by atoms with Gasteiger partial charge >= 0.3 is 0 Å². The van der Waals surface area contributed by atoms with Crippen molar-refractivity contribution >= 4 is 5.71 Å². The Hall–Kier alpha value is -3.93. The highest BCUT2D eigenvalue weighted by atomic mass is 19.1. The summed E-state index contributed by atoms with van der Waals surface area (Å²) in [7, 11) is 1.63. The molecule has 0 bridgehead atoms. The first-order valence-electron chi connectivity index (χ1n) is 10.5. The third kappa shape index (κ3) is 4.95. The number of oxime groups is 1. The highest BCUT2D eigenvalue weighted by molar-refractivity contribution is 6.01. The Bertz CT molecular complexity index is 1280. The maximum Gasteiger partial charge on any atom is 0.142 e. The van der Waals surface area contributed by atoms with E-state index < -0.39 is 0 Å². The molecule has 0 radical (unpaired) electrons. The number of rotatable bonds is 7. The van der Waals surface area contributed by atoms with Crippen molar-refractivity contribution in [1.29, 1.82) is 0 Å². The zero-order valence-electron chi connectivity index (χ0n) is 18.7. The molecule has 3 aromatic carbocycles. The Morgan fingerprint density at radius 2 is 1.58 bits per heavy atom. The Morgan fingerprint density at radius 3 is 2.24 bits per heavy atom. The van der Waals surface area contributed by atoms with Gasteiger partial charge in [-0.1, -0.05) is 23.4 Å². The first-order chi connectivity index (χ1) is 16.0. The summed E-state index contributed by atoms with van der Waals surface area (Å²) in [5.74, 6) is 0.156. The van der Waals surface area contributed by atoms with Crippen molar-refractivity contribution in [2.75, 3.05) is 7.11 Å². The highest BCUT2D eigenvalue weighted by Crippen LogP contribution is 2.31. The van der Waals surface area contributed by atoms with E-state index in [1.807, 2.05) is 44.2 Å².